The van der Waals surface area contributed by atoms with Gasteiger partial charge in [-0.05, 0) is 31.3 Å². The molecule has 0 bridgehead atoms. The maximum absolute atomic E-state index is 12.9. The fourth-order valence-electron chi connectivity index (χ4n) is 2.78. The molecule has 0 saturated carbocycles. The monoisotopic (exact) mass is 534 g/mol. The zero-order chi connectivity index (χ0) is 27.8. The molecule has 0 fully saturated rings. The normalized spacial score (nSPS) is 13.8. The van der Waals surface area contributed by atoms with Crippen LogP contribution in [0.25, 0.3) is 0 Å². The summed E-state index contributed by atoms with van der Waals surface area (Å²) in [7, 11) is 0. The third-order valence-electron chi connectivity index (χ3n) is 4.57. The Bertz CT molecular complexity index is 836. The molecule has 0 aliphatic heterocycles. The van der Waals surface area contributed by atoms with Crippen LogP contribution in [0.5, 0.6) is 0 Å². The van der Waals surface area contributed by atoms with Crippen LogP contribution in [0.3, 0.4) is 0 Å². The van der Waals surface area contributed by atoms with Crippen molar-refractivity contribution in [3.63, 3.8) is 0 Å². The van der Waals surface area contributed by atoms with Gasteiger partial charge in [-0.3, -0.25) is 29.0 Å². The summed E-state index contributed by atoms with van der Waals surface area (Å²) in [5.74, 6) is -6.28. The molecule has 0 spiro atoms. The van der Waals surface area contributed by atoms with Gasteiger partial charge in [-0.25, -0.2) is 4.79 Å². The first kappa shape index (κ1) is 32.4. The fraction of sp³-hybridized carbons (Fsp3) is 0.632. The molecule has 4 amide bonds. The zero-order valence-electron chi connectivity index (χ0n) is 19.8. The molecule has 17 heteroatoms. The van der Waals surface area contributed by atoms with Crippen LogP contribution in [0, 0.1) is 0 Å². The summed E-state index contributed by atoms with van der Waals surface area (Å²) in [6.45, 7) is 0.0874. The Hall–Kier alpha value is -3.60. The molecule has 13 N–H and O–H groups in total. The number of aliphatic carboxylic acids is 2. The Balaban J connectivity index is 5.61. The van der Waals surface area contributed by atoms with Crippen molar-refractivity contribution in [1.82, 2.24) is 16.0 Å². The first-order valence-electron chi connectivity index (χ1n) is 10.7. The highest BCUT2D eigenvalue weighted by Crippen LogP contribution is 2.05. The van der Waals surface area contributed by atoms with Crippen molar-refractivity contribution in [2.24, 2.45) is 27.9 Å². The second kappa shape index (κ2) is 16.9. The van der Waals surface area contributed by atoms with Gasteiger partial charge < -0.3 is 49.1 Å². The lowest BCUT2D eigenvalue weighted by molar-refractivity contribution is -0.143. The van der Waals surface area contributed by atoms with Crippen LogP contribution < -0.4 is 38.9 Å². The van der Waals surface area contributed by atoms with Gasteiger partial charge in [0.15, 0.2) is 5.96 Å². The predicted octanol–water partition coefficient (Wildman–Crippen LogP) is -3.99. The third-order valence-corrected chi connectivity index (χ3v) is 5.22. The number of carbonyl (C=O) groups is 6. The molecular formula is C19H34N8O8S. The molecule has 204 valence electrons. The highest BCUT2D eigenvalue weighted by molar-refractivity contribution is 7.98. The highest BCUT2D eigenvalue weighted by atomic mass is 32.2. The molecule has 0 aromatic carbocycles. The predicted molar refractivity (Wildman–Crippen MR) is 130 cm³/mol. The standard InChI is InChI=1S/C19H34N8O8S/c1-36-6-4-11(18(34)35)26-17(33)12(8-14(29)30)27-16(32)10(3-2-5-24-19(22)23)25-15(31)9(20)7-13(21)28/h9-12H,2-8,20H2,1H3,(H2,21,28)(H,25,31)(H,26,33)(H,27,32)(H,29,30)(H,34,35)(H4,22,23,24). The van der Waals surface area contributed by atoms with E-state index in [0.29, 0.717) is 5.75 Å². The molecule has 0 rings (SSSR count). The second-order valence-electron chi connectivity index (χ2n) is 7.63. The number of guanidine groups is 1. The lowest BCUT2D eigenvalue weighted by atomic mass is 10.1. The van der Waals surface area contributed by atoms with Crippen molar-refractivity contribution in [3.05, 3.63) is 0 Å². The quantitative estimate of drug-likeness (QED) is 0.0462. The molecule has 0 heterocycles. The summed E-state index contributed by atoms with van der Waals surface area (Å²) in [5.41, 5.74) is 21.1. The van der Waals surface area contributed by atoms with Crippen LogP contribution in [0.1, 0.15) is 32.1 Å². The van der Waals surface area contributed by atoms with Gasteiger partial charge in [0.1, 0.15) is 18.1 Å². The highest BCUT2D eigenvalue weighted by Gasteiger charge is 2.31. The number of carbonyl (C=O) groups excluding carboxylic acids is 4. The third kappa shape index (κ3) is 14.0. The topological polar surface area (TPSA) is 295 Å². The Morgan fingerprint density at radius 2 is 1.39 bits per heavy atom. The van der Waals surface area contributed by atoms with Crippen molar-refractivity contribution >= 4 is 53.3 Å². The SMILES string of the molecule is CSCCC(NC(=O)C(CC(=O)O)NC(=O)C(CCCN=C(N)N)NC(=O)C(N)CC(N)=O)C(=O)O. The van der Waals surface area contributed by atoms with E-state index < -0.39 is 72.6 Å². The summed E-state index contributed by atoms with van der Waals surface area (Å²) >= 11 is 1.35. The summed E-state index contributed by atoms with van der Waals surface area (Å²) < 4.78 is 0. The number of rotatable bonds is 18. The van der Waals surface area contributed by atoms with E-state index in [1.807, 2.05) is 0 Å². The number of carboxylic acids is 2. The number of thioether (sulfide) groups is 1. The molecule has 0 aromatic rings. The van der Waals surface area contributed by atoms with Crippen LogP contribution in [0.4, 0.5) is 0 Å². The zero-order valence-corrected chi connectivity index (χ0v) is 20.6. The van der Waals surface area contributed by atoms with E-state index in [0.717, 1.165) is 0 Å². The lowest BCUT2D eigenvalue weighted by Gasteiger charge is -2.24. The number of hydrogen-bond acceptors (Lipinski definition) is 9. The number of primary amides is 1. The van der Waals surface area contributed by atoms with Crippen LogP contribution in [-0.4, -0.2) is 94.5 Å². The molecule has 0 aliphatic carbocycles. The van der Waals surface area contributed by atoms with E-state index in [4.69, 9.17) is 22.9 Å². The van der Waals surface area contributed by atoms with E-state index in [9.17, 15) is 39.0 Å². The van der Waals surface area contributed by atoms with Gasteiger partial charge >= 0.3 is 11.9 Å². The number of carboxylic acid groups (broad SMARTS) is 2. The minimum absolute atomic E-state index is 0.0511. The lowest BCUT2D eigenvalue weighted by Crippen LogP contribution is -2.57. The van der Waals surface area contributed by atoms with Crippen molar-refractivity contribution in [2.75, 3.05) is 18.6 Å². The Morgan fingerprint density at radius 1 is 0.833 bits per heavy atom. The van der Waals surface area contributed by atoms with E-state index in [1.54, 1.807) is 6.26 Å². The largest absolute Gasteiger partial charge is 0.481 e. The van der Waals surface area contributed by atoms with Crippen molar-refractivity contribution in [2.45, 2.75) is 56.3 Å². The summed E-state index contributed by atoms with van der Waals surface area (Å²) in [6.07, 6.45) is 0.590. The number of nitrogens with zero attached hydrogens (tertiary/aromatic N) is 1. The van der Waals surface area contributed by atoms with E-state index in [2.05, 4.69) is 20.9 Å². The maximum Gasteiger partial charge on any atom is 0.326 e. The second-order valence-corrected chi connectivity index (χ2v) is 8.61. The van der Waals surface area contributed by atoms with Crippen LogP contribution >= 0.6 is 11.8 Å². The summed E-state index contributed by atoms with van der Waals surface area (Å²) in [4.78, 5) is 75.4. The number of aliphatic imine (C=N–C) groups is 1. The van der Waals surface area contributed by atoms with Gasteiger partial charge in [-0.15, -0.1) is 0 Å². The average molecular weight is 535 g/mol. The van der Waals surface area contributed by atoms with Crippen molar-refractivity contribution < 1.29 is 39.0 Å². The van der Waals surface area contributed by atoms with Crippen LogP contribution in [0.15, 0.2) is 4.99 Å². The van der Waals surface area contributed by atoms with Crippen LogP contribution in [0.2, 0.25) is 0 Å². The first-order chi connectivity index (χ1) is 16.8. The average Bonchev–Trinajstić information content (AvgIpc) is 2.76. The smallest absolute Gasteiger partial charge is 0.326 e. The van der Waals surface area contributed by atoms with E-state index in [1.165, 1.54) is 11.8 Å². The Labute approximate surface area is 211 Å². The molecule has 16 nitrogen and oxygen atoms in total. The van der Waals surface area contributed by atoms with Gasteiger partial charge in [-0.2, -0.15) is 11.8 Å². The minimum atomic E-state index is -1.65. The van der Waals surface area contributed by atoms with Crippen molar-refractivity contribution in [1.29, 1.82) is 0 Å². The maximum atomic E-state index is 12.9. The Morgan fingerprint density at radius 3 is 1.89 bits per heavy atom. The van der Waals surface area contributed by atoms with Crippen LogP contribution in [-0.2, 0) is 28.8 Å². The minimum Gasteiger partial charge on any atom is -0.481 e. The molecule has 0 radical (unpaired) electrons. The van der Waals surface area contributed by atoms with Gasteiger partial charge in [0.25, 0.3) is 0 Å². The number of hydrogen-bond donors (Lipinski definition) is 9. The Kier molecular flexibility index (Phi) is 15.2. The van der Waals surface area contributed by atoms with Gasteiger partial charge in [-0.1, -0.05) is 0 Å². The fourth-order valence-corrected chi connectivity index (χ4v) is 3.25. The van der Waals surface area contributed by atoms with E-state index >= 15 is 0 Å². The molecule has 4 atom stereocenters. The van der Waals surface area contributed by atoms with Gasteiger partial charge in [0, 0.05) is 6.54 Å². The molecule has 0 saturated heterocycles. The molecular weight excluding hydrogens is 500 g/mol. The summed E-state index contributed by atoms with van der Waals surface area (Å²) in [6, 6.07) is -5.63. The van der Waals surface area contributed by atoms with Crippen molar-refractivity contribution in [3.8, 4) is 0 Å². The molecule has 0 aliphatic rings. The number of nitrogens with two attached hydrogens (primary N) is 4. The summed E-state index contributed by atoms with van der Waals surface area (Å²) in [5, 5.41) is 25.2. The first-order valence-corrected chi connectivity index (χ1v) is 12.1. The number of nitrogens with one attached hydrogen (secondary N) is 3. The van der Waals surface area contributed by atoms with Gasteiger partial charge in [0.2, 0.25) is 23.6 Å². The number of amides is 4. The van der Waals surface area contributed by atoms with Gasteiger partial charge in [0.05, 0.1) is 18.9 Å². The molecule has 36 heavy (non-hydrogen) atoms. The molecule has 4 unspecified atom stereocenters. The molecule has 0 aromatic heterocycles. The van der Waals surface area contributed by atoms with E-state index in [-0.39, 0.29) is 31.8 Å².